The number of nitrogens with zero attached hydrogens (tertiary/aromatic N) is 2. The summed E-state index contributed by atoms with van der Waals surface area (Å²) < 4.78 is 29.0. The van der Waals surface area contributed by atoms with Crippen LogP contribution in [0.5, 0.6) is 0 Å². The Labute approximate surface area is 170 Å². The van der Waals surface area contributed by atoms with Crippen LogP contribution >= 0.6 is 0 Å². The number of hydrogen-bond donors (Lipinski definition) is 1. The van der Waals surface area contributed by atoms with Crippen LogP contribution in [0.15, 0.2) is 51.8 Å². The molecule has 7 nitrogen and oxygen atoms in total. The quantitative estimate of drug-likeness (QED) is 0.725. The SMILES string of the molecule is CCCCN1C(C)=NS(=O)(=O)c2cc(C(=O)Nc3cccc(C(C)=O)c3)ccc21. The van der Waals surface area contributed by atoms with Crippen molar-refractivity contribution < 1.29 is 18.0 Å². The zero-order valence-corrected chi connectivity index (χ0v) is 17.4. The summed E-state index contributed by atoms with van der Waals surface area (Å²) in [5.41, 5.74) is 1.67. The molecule has 0 atom stereocenters. The molecule has 0 radical (unpaired) electrons. The Kier molecular flexibility index (Phi) is 5.83. The van der Waals surface area contributed by atoms with E-state index in [1.54, 1.807) is 43.3 Å². The number of anilines is 2. The molecule has 0 bridgehead atoms. The predicted molar refractivity (Wildman–Crippen MR) is 113 cm³/mol. The second-order valence-electron chi connectivity index (χ2n) is 6.89. The fourth-order valence-corrected chi connectivity index (χ4v) is 4.41. The number of amidine groups is 1. The van der Waals surface area contributed by atoms with E-state index in [0.29, 0.717) is 29.3 Å². The first-order chi connectivity index (χ1) is 13.7. The Morgan fingerprint density at radius 2 is 1.86 bits per heavy atom. The molecule has 8 heteroatoms. The molecule has 0 unspecified atom stereocenters. The number of benzene rings is 2. The molecule has 0 saturated heterocycles. The molecular formula is C21H23N3O4S. The van der Waals surface area contributed by atoms with Gasteiger partial charge in [-0.2, -0.15) is 8.42 Å². The van der Waals surface area contributed by atoms with Crippen molar-refractivity contribution in [3.63, 3.8) is 0 Å². The maximum absolute atomic E-state index is 12.7. The highest BCUT2D eigenvalue weighted by atomic mass is 32.2. The van der Waals surface area contributed by atoms with E-state index < -0.39 is 15.9 Å². The van der Waals surface area contributed by atoms with Crippen molar-refractivity contribution in [2.75, 3.05) is 16.8 Å². The number of hydrogen-bond acceptors (Lipinski definition) is 5. The summed E-state index contributed by atoms with van der Waals surface area (Å²) in [4.78, 5) is 26.1. The summed E-state index contributed by atoms with van der Waals surface area (Å²) in [6, 6.07) is 11.2. The number of carbonyl (C=O) groups excluding carboxylic acids is 2. The van der Waals surface area contributed by atoms with Crippen LogP contribution in [0, 0.1) is 0 Å². The van der Waals surface area contributed by atoms with Gasteiger partial charge in [0.25, 0.3) is 15.9 Å². The van der Waals surface area contributed by atoms with Crippen molar-refractivity contribution in [1.29, 1.82) is 0 Å². The Hall–Kier alpha value is -3.00. The van der Waals surface area contributed by atoms with E-state index in [1.165, 1.54) is 13.0 Å². The number of fused-ring (bicyclic) bond motifs is 1. The monoisotopic (exact) mass is 413 g/mol. The van der Waals surface area contributed by atoms with Crippen LogP contribution in [0.1, 0.15) is 54.3 Å². The number of amides is 1. The minimum absolute atomic E-state index is 0.0179. The molecule has 0 aliphatic carbocycles. The lowest BCUT2D eigenvalue weighted by Crippen LogP contribution is -2.34. The Morgan fingerprint density at radius 3 is 2.55 bits per heavy atom. The van der Waals surface area contributed by atoms with E-state index in [2.05, 4.69) is 16.6 Å². The van der Waals surface area contributed by atoms with Crippen LogP contribution < -0.4 is 10.2 Å². The molecule has 0 fully saturated rings. The predicted octanol–water partition coefficient (Wildman–Crippen LogP) is 3.87. The molecule has 1 N–H and O–H groups in total. The van der Waals surface area contributed by atoms with Gasteiger partial charge in [-0.25, -0.2) is 0 Å². The van der Waals surface area contributed by atoms with Gasteiger partial charge in [-0.3, -0.25) is 9.59 Å². The zero-order chi connectivity index (χ0) is 21.2. The zero-order valence-electron chi connectivity index (χ0n) is 16.6. The minimum atomic E-state index is -3.87. The molecule has 1 amide bonds. The second-order valence-corrected chi connectivity index (χ2v) is 8.46. The summed E-state index contributed by atoms with van der Waals surface area (Å²) in [5, 5.41) is 2.71. The largest absolute Gasteiger partial charge is 0.328 e. The average Bonchev–Trinajstić information content (AvgIpc) is 2.67. The van der Waals surface area contributed by atoms with Gasteiger partial charge >= 0.3 is 0 Å². The number of rotatable bonds is 6. The standard InChI is InChI=1S/C21H23N3O4S/c1-4-5-11-24-15(3)23-29(27,28)20-13-17(9-10-19(20)24)21(26)22-18-8-6-7-16(12-18)14(2)25/h6-10,12-13H,4-5,11H2,1-3H3,(H,22,26). The van der Waals surface area contributed by atoms with Crippen LogP contribution in [0.2, 0.25) is 0 Å². The number of nitrogens with one attached hydrogen (secondary N) is 1. The summed E-state index contributed by atoms with van der Waals surface area (Å²) in [7, 11) is -3.87. The van der Waals surface area contributed by atoms with Crippen molar-refractivity contribution in [3.05, 3.63) is 53.6 Å². The van der Waals surface area contributed by atoms with Gasteiger partial charge in [0.2, 0.25) is 0 Å². The van der Waals surface area contributed by atoms with Crippen molar-refractivity contribution in [2.45, 2.75) is 38.5 Å². The lowest BCUT2D eigenvalue weighted by molar-refractivity contribution is 0.101. The summed E-state index contributed by atoms with van der Waals surface area (Å²) in [6.07, 6.45) is 1.85. The first-order valence-corrected chi connectivity index (χ1v) is 10.8. The number of sulfonamides is 1. The molecule has 29 heavy (non-hydrogen) atoms. The Balaban J connectivity index is 1.93. The first-order valence-electron chi connectivity index (χ1n) is 9.38. The van der Waals surface area contributed by atoms with Gasteiger partial charge in [-0.1, -0.05) is 25.5 Å². The molecule has 3 rings (SSSR count). The summed E-state index contributed by atoms with van der Waals surface area (Å²) >= 11 is 0. The number of unbranched alkanes of at least 4 members (excludes halogenated alkanes) is 1. The van der Waals surface area contributed by atoms with E-state index in [1.807, 2.05) is 4.90 Å². The molecule has 1 aliphatic heterocycles. The van der Waals surface area contributed by atoms with Gasteiger partial charge in [0.05, 0.1) is 5.69 Å². The van der Waals surface area contributed by atoms with Gasteiger partial charge in [0.1, 0.15) is 10.7 Å². The fourth-order valence-electron chi connectivity index (χ4n) is 3.15. The maximum Gasteiger partial charge on any atom is 0.286 e. The van der Waals surface area contributed by atoms with Crippen molar-refractivity contribution >= 4 is 38.9 Å². The molecule has 152 valence electrons. The third-order valence-corrected chi connectivity index (χ3v) is 6.08. The lowest BCUT2D eigenvalue weighted by Gasteiger charge is -2.29. The number of carbonyl (C=O) groups is 2. The first kappa shape index (κ1) is 20.7. The van der Waals surface area contributed by atoms with Gasteiger partial charge in [0, 0.05) is 23.4 Å². The molecule has 0 spiro atoms. The van der Waals surface area contributed by atoms with Gasteiger partial charge in [-0.05, 0) is 50.6 Å². The highest BCUT2D eigenvalue weighted by Crippen LogP contribution is 2.33. The number of Topliss-reactive ketones (excluding diaryl/α,β-unsaturated/α-hetero) is 1. The normalized spacial score (nSPS) is 14.7. The molecule has 1 heterocycles. The van der Waals surface area contributed by atoms with E-state index in [0.717, 1.165) is 12.8 Å². The Bertz CT molecular complexity index is 1110. The minimum Gasteiger partial charge on any atom is -0.328 e. The van der Waals surface area contributed by atoms with E-state index >= 15 is 0 Å². The van der Waals surface area contributed by atoms with Crippen LogP contribution in [0.25, 0.3) is 0 Å². The van der Waals surface area contributed by atoms with Crippen molar-refractivity contribution in [3.8, 4) is 0 Å². The Morgan fingerprint density at radius 1 is 1.10 bits per heavy atom. The molecule has 0 aromatic heterocycles. The topological polar surface area (TPSA) is 95.9 Å². The van der Waals surface area contributed by atoms with Gasteiger partial charge in [-0.15, -0.1) is 4.40 Å². The third kappa shape index (κ3) is 4.37. The second kappa shape index (κ2) is 8.16. The van der Waals surface area contributed by atoms with Crippen LogP contribution in [-0.2, 0) is 10.0 Å². The summed E-state index contributed by atoms with van der Waals surface area (Å²) in [5.74, 6) is -0.152. The van der Waals surface area contributed by atoms with E-state index in [9.17, 15) is 18.0 Å². The van der Waals surface area contributed by atoms with Crippen LogP contribution in [-0.4, -0.2) is 32.5 Å². The van der Waals surface area contributed by atoms with Crippen molar-refractivity contribution in [1.82, 2.24) is 0 Å². The van der Waals surface area contributed by atoms with Crippen molar-refractivity contribution in [2.24, 2.45) is 4.40 Å². The molecule has 2 aromatic rings. The lowest BCUT2D eigenvalue weighted by atomic mass is 10.1. The van der Waals surface area contributed by atoms with E-state index in [-0.39, 0.29) is 16.2 Å². The average molecular weight is 413 g/mol. The summed E-state index contributed by atoms with van der Waals surface area (Å²) in [6.45, 7) is 5.82. The smallest absolute Gasteiger partial charge is 0.286 e. The molecule has 1 aliphatic rings. The maximum atomic E-state index is 12.7. The molecular weight excluding hydrogens is 390 g/mol. The molecule has 2 aromatic carbocycles. The fraction of sp³-hybridized carbons (Fsp3) is 0.286. The highest BCUT2D eigenvalue weighted by Gasteiger charge is 2.29. The molecule has 0 saturated carbocycles. The third-order valence-electron chi connectivity index (χ3n) is 4.70. The van der Waals surface area contributed by atoms with E-state index in [4.69, 9.17) is 0 Å². The van der Waals surface area contributed by atoms with Crippen LogP contribution in [0.3, 0.4) is 0 Å². The van der Waals surface area contributed by atoms with Gasteiger partial charge < -0.3 is 10.2 Å². The number of ketones is 1. The van der Waals surface area contributed by atoms with Gasteiger partial charge in [0.15, 0.2) is 5.78 Å². The highest BCUT2D eigenvalue weighted by molar-refractivity contribution is 7.90. The van der Waals surface area contributed by atoms with Crippen LogP contribution in [0.4, 0.5) is 11.4 Å².